The van der Waals surface area contributed by atoms with Crippen molar-refractivity contribution < 1.29 is 19.1 Å². The van der Waals surface area contributed by atoms with Crippen LogP contribution in [-0.4, -0.2) is 26.2 Å². The SMILES string of the molecule is COc1ccc(OC)c(C2NC(=O)NC(C)=C2C(=O)Nc2ccc(C)c(Cl)c2)c1. The van der Waals surface area contributed by atoms with Gasteiger partial charge in [-0.2, -0.15) is 0 Å². The molecule has 1 aliphatic heterocycles. The van der Waals surface area contributed by atoms with E-state index < -0.39 is 12.1 Å². The van der Waals surface area contributed by atoms with Crippen LogP contribution < -0.4 is 25.4 Å². The van der Waals surface area contributed by atoms with Gasteiger partial charge >= 0.3 is 6.03 Å². The van der Waals surface area contributed by atoms with Gasteiger partial charge in [-0.25, -0.2) is 4.79 Å². The average molecular weight is 416 g/mol. The smallest absolute Gasteiger partial charge is 0.319 e. The molecule has 152 valence electrons. The van der Waals surface area contributed by atoms with Crippen LogP contribution in [0.1, 0.15) is 24.1 Å². The number of rotatable bonds is 5. The van der Waals surface area contributed by atoms with Crippen molar-refractivity contribution in [3.8, 4) is 11.5 Å². The Balaban J connectivity index is 2.02. The molecule has 0 saturated carbocycles. The van der Waals surface area contributed by atoms with Crippen LogP contribution in [0.25, 0.3) is 0 Å². The standard InChI is InChI=1S/C21H22ClN3O4/c1-11-5-6-13(9-16(11)22)24-20(26)18-12(2)23-21(27)25-19(18)15-10-14(28-3)7-8-17(15)29-4/h5-10,19H,1-4H3,(H,24,26)(H2,23,25,27). The number of carbonyl (C=O) groups is 2. The minimum absolute atomic E-state index is 0.354. The van der Waals surface area contributed by atoms with Gasteiger partial charge in [0.25, 0.3) is 5.91 Å². The monoisotopic (exact) mass is 415 g/mol. The molecule has 3 rings (SSSR count). The number of anilines is 1. The fraction of sp³-hybridized carbons (Fsp3) is 0.238. The number of aryl methyl sites for hydroxylation is 1. The third-order valence-corrected chi connectivity index (χ3v) is 5.10. The highest BCUT2D eigenvalue weighted by molar-refractivity contribution is 6.31. The second-order valence-electron chi connectivity index (χ2n) is 6.60. The topological polar surface area (TPSA) is 88.7 Å². The summed E-state index contributed by atoms with van der Waals surface area (Å²) in [6.07, 6.45) is 0. The van der Waals surface area contributed by atoms with Crippen molar-refractivity contribution in [2.75, 3.05) is 19.5 Å². The number of methoxy groups -OCH3 is 2. The molecule has 2 aromatic carbocycles. The third kappa shape index (κ3) is 4.30. The van der Waals surface area contributed by atoms with Crippen LogP contribution in [-0.2, 0) is 4.79 Å². The Kier molecular flexibility index (Phi) is 5.98. The third-order valence-electron chi connectivity index (χ3n) is 4.69. The van der Waals surface area contributed by atoms with Gasteiger partial charge in [-0.3, -0.25) is 4.79 Å². The van der Waals surface area contributed by atoms with Gasteiger partial charge in [0.1, 0.15) is 11.5 Å². The summed E-state index contributed by atoms with van der Waals surface area (Å²) in [6.45, 7) is 3.56. The summed E-state index contributed by atoms with van der Waals surface area (Å²) >= 11 is 6.17. The Labute approximate surface area is 174 Å². The number of amides is 3. The number of hydrogen-bond donors (Lipinski definition) is 3. The Bertz CT molecular complexity index is 1000. The fourth-order valence-electron chi connectivity index (χ4n) is 3.16. The summed E-state index contributed by atoms with van der Waals surface area (Å²) in [5, 5.41) is 8.85. The number of halogens is 1. The van der Waals surface area contributed by atoms with Gasteiger partial charge in [0.05, 0.1) is 25.8 Å². The van der Waals surface area contributed by atoms with Gasteiger partial charge in [0, 0.05) is 22.0 Å². The summed E-state index contributed by atoms with van der Waals surface area (Å²) in [5.74, 6) is 0.732. The van der Waals surface area contributed by atoms with Crippen molar-refractivity contribution in [3.05, 3.63) is 63.8 Å². The first kappa shape index (κ1) is 20.5. The van der Waals surface area contributed by atoms with E-state index in [2.05, 4.69) is 16.0 Å². The Morgan fingerprint density at radius 2 is 1.86 bits per heavy atom. The number of benzene rings is 2. The molecule has 0 spiro atoms. The number of ether oxygens (including phenoxy) is 2. The van der Waals surface area contributed by atoms with Crippen molar-refractivity contribution in [1.29, 1.82) is 0 Å². The molecule has 7 nitrogen and oxygen atoms in total. The lowest BCUT2D eigenvalue weighted by atomic mass is 9.93. The van der Waals surface area contributed by atoms with Crippen molar-refractivity contribution in [1.82, 2.24) is 10.6 Å². The Morgan fingerprint density at radius 1 is 1.10 bits per heavy atom. The lowest BCUT2D eigenvalue weighted by Crippen LogP contribution is -2.46. The van der Waals surface area contributed by atoms with Crippen LogP contribution in [0.2, 0.25) is 5.02 Å². The number of urea groups is 1. The summed E-state index contributed by atoms with van der Waals surface area (Å²) in [5.41, 5.74) is 2.87. The second kappa shape index (κ2) is 8.45. The predicted octanol–water partition coefficient (Wildman–Crippen LogP) is 3.93. The zero-order valence-electron chi connectivity index (χ0n) is 16.6. The molecule has 1 heterocycles. The highest BCUT2D eigenvalue weighted by atomic mass is 35.5. The minimum atomic E-state index is -0.727. The molecule has 0 saturated heterocycles. The first-order chi connectivity index (χ1) is 13.8. The molecular weight excluding hydrogens is 394 g/mol. The Morgan fingerprint density at radius 3 is 2.52 bits per heavy atom. The lowest BCUT2D eigenvalue weighted by molar-refractivity contribution is -0.113. The van der Waals surface area contributed by atoms with E-state index in [-0.39, 0.29) is 5.91 Å². The molecule has 1 atom stereocenters. The molecule has 2 aromatic rings. The molecule has 29 heavy (non-hydrogen) atoms. The van der Waals surface area contributed by atoms with Crippen molar-refractivity contribution in [2.45, 2.75) is 19.9 Å². The van der Waals surface area contributed by atoms with Crippen LogP contribution in [0, 0.1) is 6.92 Å². The highest BCUT2D eigenvalue weighted by Gasteiger charge is 2.33. The number of carbonyl (C=O) groups excluding carboxylic acids is 2. The van der Waals surface area contributed by atoms with E-state index in [0.29, 0.717) is 39.0 Å². The van der Waals surface area contributed by atoms with Gasteiger partial charge in [-0.1, -0.05) is 17.7 Å². The first-order valence-corrected chi connectivity index (χ1v) is 9.29. The zero-order chi connectivity index (χ0) is 21.1. The molecule has 0 radical (unpaired) electrons. The lowest BCUT2D eigenvalue weighted by Gasteiger charge is -2.29. The highest BCUT2D eigenvalue weighted by Crippen LogP contribution is 2.36. The van der Waals surface area contributed by atoms with Crippen LogP contribution >= 0.6 is 11.6 Å². The van der Waals surface area contributed by atoms with E-state index in [9.17, 15) is 9.59 Å². The van der Waals surface area contributed by atoms with E-state index in [1.54, 1.807) is 44.4 Å². The van der Waals surface area contributed by atoms with Crippen LogP contribution in [0.3, 0.4) is 0 Å². The van der Waals surface area contributed by atoms with Gasteiger partial charge < -0.3 is 25.4 Å². The maximum absolute atomic E-state index is 13.1. The van der Waals surface area contributed by atoms with Gasteiger partial charge in [-0.05, 0) is 49.7 Å². The maximum atomic E-state index is 13.1. The summed E-state index contributed by atoms with van der Waals surface area (Å²) in [6, 6.07) is 9.34. The van der Waals surface area contributed by atoms with E-state index in [4.69, 9.17) is 21.1 Å². The van der Waals surface area contributed by atoms with E-state index in [1.807, 2.05) is 13.0 Å². The van der Waals surface area contributed by atoms with Crippen LogP contribution in [0.5, 0.6) is 11.5 Å². The average Bonchev–Trinajstić information content (AvgIpc) is 2.69. The number of allylic oxidation sites excluding steroid dienone is 1. The largest absolute Gasteiger partial charge is 0.497 e. The Hall–Kier alpha value is -3.19. The molecular formula is C21H22ClN3O4. The van der Waals surface area contributed by atoms with Gasteiger partial charge in [-0.15, -0.1) is 0 Å². The molecule has 0 aliphatic carbocycles. The quantitative estimate of drug-likeness (QED) is 0.690. The molecule has 0 fully saturated rings. The van der Waals surface area contributed by atoms with Crippen LogP contribution in [0.15, 0.2) is 47.7 Å². The normalized spacial score (nSPS) is 16.0. The molecule has 0 aromatic heterocycles. The van der Waals surface area contributed by atoms with Crippen molar-refractivity contribution in [2.24, 2.45) is 0 Å². The second-order valence-corrected chi connectivity index (χ2v) is 7.00. The maximum Gasteiger partial charge on any atom is 0.319 e. The minimum Gasteiger partial charge on any atom is -0.497 e. The molecule has 3 N–H and O–H groups in total. The predicted molar refractivity (Wildman–Crippen MR) is 111 cm³/mol. The van der Waals surface area contributed by atoms with E-state index in [0.717, 1.165) is 5.56 Å². The molecule has 3 amide bonds. The van der Waals surface area contributed by atoms with Gasteiger partial charge in [0.15, 0.2) is 0 Å². The molecule has 0 bridgehead atoms. The molecule has 1 aliphatic rings. The number of hydrogen-bond acceptors (Lipinski definition) is 4. The van der Waals surface area contributed by atoms with Crippen molar-refractivity contribution >= 4 is 29.2 Å². The van der Waals surface area contributed by atoms with E-state index in [1.165, 1.54) is 7.11 Å². The summed E-state index contributed by atoms with van der Waals surface area (Å²) in [7, 11) is 3.07. The summed E-state index contributed by atoms with van der Waals surface area (Å²) < 4.78 is 10.7. The fourth-order valence-corrected chi connectivity index (χ4v) is 3.34. The van der Waals surface area contributed by atoms with Gasteiger partial charge in [0.2, 0.25) is 0 Å². The van der Waals surface area contributed by atoms with E-state index >= 15 is 0 Å². The molecule has 1 unspecified atom stereocenters. The first-order valence-electron chi connectivity index (χ1n) is 8.91. The molecule has 8 heteroatoms. The summed E-state index contributed by atoms with van der Waals surface area (Å²) in [4.78, 5) is 25.3. The zero-order valence-corrected chi connectivity index (χ0v) is 17.3. The van der Waals surface area contributed by atoms with Crippen LogP contribution in [0.4, 0.5) is 10.5 Å². The van der Waals surface area contributed by atoms with Crippen molar-refractivity contribution in [3.63, 3.8) is 0 Å². The number of nitrogens with one attached hydrogen (secondary N) is 3.